The van der Waals surface area contributed by atoms with Crippen LogP contribution in [0.15, 0.2) is 59.8 Å². The molecule has 0 fully saturated rings. The van der Waals surface area contributed by atoms with E-state index in [4.69, 9.17) is 0 Å². The lowest BCUT2D eigenvalue weighted by molar-refractivity contribution is -0.124. The van der Waals surface area contributed by atoms with E-state index in [0.717, 1.165) is 16.6 Å². The van der Waals surface area contributed by atoms with Crippen LogP contribution in [0.5, 0.6) is 0 Å². The van der Waals surface area contributed by atoms with Crippen LogP contribution in [0.2, 0.25) is 0 Å². The molecule has 1 N–H and O–H groups in total. The highest BCUT2D eigenvalue weighted by molar-refractivity contribution is 7.90. The van der Waals surface area contributed by atoms with Gasteiger partial charge in [0.1, 0.15) is 6.04 Å². The van der Waals surface area contributed by atoms with Gasteiger partial charge in [0, 0.05) is 6.26 Å². The summed E-state index contributed by atoms with van der Waals surface area (Å²) in [6, 6.07) is 13.6. The summed E-state index contributed by atoms with van der Waals surface area (Å²) in [5.74, 6) is -0.132. The highest BCUT2D eigenvalue weighted by Crippen LogP contribution is 2.20. The summed E-state index contributed by atoms with van der Waals surface area (Å²) in [5, 5.41) is 2.97. The highest BCUT2D eigenvalue weighted by atomic mass is 32.2. The first-order valence-electron chi connectivity index (χ1n) is 8.29. The van der Waals surface area contributed by atoms with Gasteiger partial charge in [-0.05, 0) is 43.7 Å². The standard InChI is InChI=1S/C19H21N3O3S/c1-13(15-8-10-16(11-9-15)26(3,24)25)21-19(23)14(2)22-12-20-17-6-4-5-7-18(17)22/h4-14H,1-3H3,(H,21,23). The summed E-state index contributed by atoms with van der Waals surface area (Å²) in [4.78, 5) is 17.2. The van der Waals surface area contributed by atoms with Crippen molar-refractivity contribution in [1.29, 1.82) is 0 Å². The number of amides is 1. The number of rotatable bonds is 5. The Morgan fingerprint density at radius 2 is 1.73 bits per heavy atom. The normalized spacial score (nSPS) is 14.1. The number of carbonyl (C=O) groups is 1. The lowest BCUT2D eigenvalue weighted by Gasteiger charge is -2.19. The fourth-order valence-corrected chi connectivity index (χ4v) is 3.46. The fourth-order valence-electron chi connectivity index (χ4n) is 2.83. The van der Waals surface area contributed by atoms with E-state index in [1.165, 1.54) is 6.26 Å². The molecule has 0 bridgehead atoms. The van der Waals surface area contributed by atoms with Gasteiger partial charge in [-0.2, -0.15) is 0 Å². The van der Waals surface area contributed by atoms with E-state index in [2.05, 4.69) is 10.3 Å². The quantitative estimate of drug-likeness (QED) is 0.748. The Hall–Kier alpha value is -2.67. The molecule has 3 rings (SSSR count). The average molecular weight is 371 g/mol. The SMILES string of the molecule is CC(NC(=O)C(C)n1cnc2ccccc21)c1ccc(S(C)(=O)=O)cc1. The first kappa shape index (κ1) is 18.1. The Bertz CT molecular complexity index is 1040. The fraction of sp³-hybridized carbons (Fsp3) is 0.263. The number of carbonyl (C=O) groups excluding carboxylic acids is 1. The Labute approximate surface area is 152 Å². The molecular formula is C19H21N3O3S. The number of sulfone groups is 1. The molecule has 6 nitrogen and oxygen atoms in total. The van der Waals surface area contributed by atoms with Crippen LogP contribution < -0.4 is 5.32 Å². The van der Waals surface area contributed by atoms with E-state index in [-0.39, 0.29) is 16.8 Å². The molecule has 2 aromatic carbocycles. The van der Waals surface area contributed by atoms with E-state index < -0.39 is 15.9 Å². The highest BCUT2D eigenvalue weighted by Gasteiger charge is 2.19. The molecule has 2 atom stereocenters. The molecule has 1 amide bonds. The molecule has 3 aromatic rings. The molecule has 0 aliphatic heterocycles. The second-order valence-electron chi connectivity index (χ2n) is 6.39. The Balaban J connectivity index is 1.74. The molecule has 26 heavy (non-hydrogen) atoms. The Kier molecular flexibility index (Phi) is 4.82. The van der Waals surface area contributed by atoms with Crippen LogP contribution >= 0.6 is 0 Å². The topological polar surface area (TPSA) is 81.1 Å². The van der Waals surface area contributed by atoms with Crippen molar-refractivity contribution in [3.05, 3.63) is 60.4 Å². The number of fused-ring (bicyclic) bond motifs is 1. The maximum Gasteiger partial charge on any atom is 0.243 e. The minimum atomic E-state index is -3.23. The van der Waals surface area contributed by atoms with Crippen molar-refractivity contribution < 1.29 is 13.2 Å². The van der Waals surface area contributed by atoms with E-state index in [1.807, 2.05) is 42.7 Å². The van der Waals surface area contributed by atoms with Crippen molar-refractivity contribution in [2.45, 2.75) is 30.8 Å². The first-order chi connectivity index (χ1) is 12.3. The second-order valence-corrected chi connectivity index (χ2v) is 8.40. The van der Waals surface area contributed by atoms with E-state index in [0.29, 0.717) is 0 Å². The number of benzene rings is 2. The predicted octanol–water partition coefficient (Wildman–Crippen LogP) is 2.88. The van der Waals surface area contributed by atoms with Crippen molar-refractivity contribution in [2.24, 2.45) is 0 Å². The van der Waals surface area contributed by atoms with Gasteiger partial charge in [0.25, 0.3) is 0 Å². The number of nitrogens with one attached hydrogen (secondary N) is 1. The lowest BCUT2D eigenvalue weighted by Crippen LogP contribution is -2.32. The van der Waals surface area contributed by atoms with Crippen molar-refractivity contribution >= 4 is 26.8 Å². The molecular weight excluding hydrogens is 350 g/mol. The van der Waals surface area contributed by atoms with Crippen LogP contribution in [-0.2, 0) is 14.6 Å². The summed E-state index contributed by atoms with van der Waals surface area (Å²) in [7, 11) is -3.23. The zero-order chi connectivity index (χ0) is 18.9. The van der Waals surface area contributed by atoms with Gasteiger partial charge >= 0.3 is 0 Å². The van der Waals surface area contributed by atoms with Crippen LogP contribution in [-0.4, -0.2) is 30.1 Å². The molecule has 7 heteroatoms. The van der Waals surface area contributed by atoms with E-state index in [9.17, 15) is 13.2 Å². The van der Waals surface area contributed by atoms with Gasteiger partial charge in [-0.3, -0.25) is 4.79 Å². The van der Waals surface area contributed by atoms with Crippen LogP contribution in [0.3, 0.4) is 0 Å². The van der Waals surface area contributed by atoms with Crippen LogP contribution in [0.25, 0.3) is 11.0 Å². The van der Waals surface area contributed by atoms with Crippen molar-refractivity contribution in [3.63, 3.8) is 0 Å². The average Bonchev–Trinajstić information content (AvgIpc) is 3.04. The lowest BCUT2D eigenvalue weighted by atomic mass is 10.1. The van der Waals surface area contributed by atoms with Crippen molar-refractivity contribution in [3.8, 4) is 0 Å². The molecule has 136 valence electrons. The van der Waals surface area contributed by atoms with Gasteiger partial charge < -0.3 is 9.88 Å². The molecule has 1 aromatic heterocycles. The number of hydrogen-bond donors (Lipinski definition) is 1. The third-order valence-corrected chi connectivity index (χ3v) is 5.57. The number of aromatic nitrogens is 2. The minimum absolute atomic E-state index is 0.132. The largest absolute Gasteiger partial charge is 0.348 e. The van der Waals surface area contributed by atoms with Crippen molar-refractivity contribution in [1.82, 2.24) is 14.9 Å². The summed E-state index contributed by atoms with van der Waals surface area (Å²) in [6.45, 7) is 3.69. The van der Waals surface area contributed by atoms with E-state index >= 15 is 0 Å². The minimum Gasteiger partial charge on any atom is -0.348 e. The molecule has 0 spiro atoms. The predicted molar refractivity (Wildman–Crippen MR) is 101 cm³/mol. The van der Waals surface area contributed by atoms with Crippen LogP contribution in [0.1, 0.15) is 31.5 Å². The number of para-hydroxylation sites is 2. The Morgan fingerprint density at radius 1 is 1.08 bits per heavy atom. The van der Waals surface area contributed by atoms with Crippen LogP contribution in [0, 0.1) is 0 Å². The molecule has 0 saturated heterocycles. The third-order valence-electron chi connectivity index (χ3n) is 4.44. The van der Waals surface area contributed by atoms with Crippen LogP contribution in [0.4, 0.5) is 0 Å². The first-order valence-corrected chi connectivity index (χ1v) is 10.2. The Morgan fingerprint density at radius 3 is 2.38 bits per heavy atom. The molecule has 0 saturated carbocycles. The monoisotopic (exact) mass is 371 g/mol. The van der Waals surface area contributed by atoms with Gasteiger partial charge in [-0.1, -0.05) is 24.3 Å². The third kappa shape index (κ3) is 3.62. The summed E-state index contributed by atoms with van der Waals surface area (Å²) < 4.78 is 24.9. The maximum absolute atomic E-state index is 12.6. The number of nitrogens with zero attached hydrogens (tertiary/aromatic N) is 2. The molecule has 2 unspecified atom stereocenters. The van der Waals surface area contributed by atoms with Gasteiger partial charge in [0.15, 0.2) is 9.84 Å². The van der Waals surface area contributed by atoms with Gasteiger partial charge in [0.2, 0.25) is 5.91 Å². The van der Waals surface area contributed by atoms with Gasteiger partial charge in [-0.25, -0.2) is 13.4 Å². The molecule has 0 radical (unpaired) electrons. The smallest absolute Gasteiger partial charge is 0.243 e. The molecule has 0 aliphatic rings. The maximum atomic E-state index is 12.6. The van der Waals surface area contributed by atoms with E-state index in [1.54, 1.807) is 30.6 Å². The number of hydrogen-bond acceptors (Lipinski definition) is 4. The summed E-state index contributed by atoms with van der Waals surface area (Å²) >= 11 is 0. The van der Waals surface area contributed by atoms with Crippen molar-refractivity contribution in [2.75, 3.05) is 6.26 Å². The van der Waals surface area contributed by atoms with Gasteiger partial charge in [0.05, 0.1) is 28.3 Å². The summed E-state index contributed by atoms with van der Waals surface area (Å²) in [6.07, 6.45) is 2.84. The molecule has 1 heterocycles. The molecule has 0 aliphatic carbocycles. The second kappa shape index (κ2) is 6.92. The zero-order valence-corrected chi connectivity index (χ0v) is 15.7. The zero-order valence-electron chi connectivity index (χ0n) is 14.9. The number of imidazole rings is 1. The van der Waals surface area contributed by atoms with Gasteiger partial charge in [-0.15, -0.1) is 0 Å². The summed E-state index contributed by atoms with van der Waals surface area (Å²) in [5.41, 5.74) is 2.59.